The largest absolute Gasteiger partial charge is 0.354 e. The molecule has 8 heteroatoms. The minimum Gasteiger partial charge on any atom is -0.354 e. The van der Waals surface area contributed by atoms with E-state index in [0.29, 0.717) is 38.3 Å². The molecule has 0 bridgehead atoms. The van der Waals surface area contributed by atoms with Crippen LogP contribution in [0.3, 0.4) is 0 Å². The summed E-state index contributed by atoms with van der Waals surface area (Å²) in [5, 5.41) is 5.87. The molecule has 1 atom stereocenters. The molecule has 1 aliphatic heterocycles. The molecule has 1 aromatic carbocycles. The predicted molar refractivity (Wildman–Crippen MR) is 115 cm³/mol. The average Bonchev–Trinajstić information content (AvgIpc) is 3.31. The van der Waals surface area contributed by atoms with Crippen molar-refractivity contribution in [3.8, 4) is 0 Å². The zero-order chi connectivity index (χ0) is 21.0. The fourth-order valence-electron chi connectivity index (χ4n) is 3.65. The van der Waals surface area contributed by atoms with Crippen LogP contribution < -0.4 is 5.32 Å². The third-order valence-electron chi connectivity index (χ3n) is 5.03. The number of benzene rings is 1. The first-order chi connectivity index (χ1) is 13.8. The highest BCUT2D eigenvalue weighted by Crippen LogP contribution is 2.26. The fraction of sp³-hybridized carbons (Fsp3) is 0.524. The first-order valence-electron chi connectivity index (χ1n) is 10.1. The number of rotatable bonds is 8. The van der Waals surface area contributed by atoms with E-state index < -0.39 is 16.1 Å². The SMILES string of the molecule is Cc1nc(CCNC(=O)C2CCCN2S(=O)(=O)c2ccc(CC(C)C)cc2)cs1. The van der Waals surface area contributed by atoms with Crippen molar-refractivity contribution in [2.75, 3.05) is 13.1 Å². The maximum Gasteiger partial charge on any atom is 0.243 e. The third-order valence-corrected chi connectivity index (χ3v) is 7.77. The van der Waals surface area contributed by atoms with Gasteiger partial charge in [0.2, 0.25) is 15.9 Å². The minimum atomic E-state index is -3.69. The van der Waals surface area contributed by atoms with Gasteiger partial charge in [0.1, 0.15) is 6.04 Å². The van der Waals surface area contributed by atoms with Gasteiger partial charge < -0.3 is 5.32 Å². The Bertz CT molecular complexity index is 936. The molecule has 2 heterocycles. The molecule has 158 valence electrons. The monoisotopic (exact) mass is 435 g/mol. The van der Waals surface area contributed by atoms with Crippen LogP contribution in [0.4, 0.5) is 0 Å². The maximum atomic E-state index is 13.1. The van der Waals surface area contributed by atoms with Gasteiger partial charge in [-0.25, -0.2) is 13.4 Å². The Kier molecular flexibility index (Phi) is 7.08. The number of aromatic nitrogens is 1. The summed E-state index contributed by atoms with van der Waals surface area (Å²) in [6.07, 6.45) is 2.79. The molecular formula is C21H29N3O3S2. The van der Waals surface area contributed by atoms with Gasteiger partial charge in [-0.2, -0.15) is 4.31 Å². The lowest BCUT2D eigenvalue weighted by molar-refractivity contribution is -0.124. The lowest BCUT2D eigenvalue weighted by Gasteiger charge is -2.23. The molecule has 1 aliphatic rings. The van der Waals surface area contributed by atoms with Gasteiger partial charge in [-0.3, -0.25) is 4.79 Å². The van der Waals surface area contributed by atoms with E-state index in [1.807, 2.05) is 24.4 Å². The van der Waals surface area contributed by atoms with Gasteiger partial charge >= 0.3 is 0 Å². The molecule has 0 saturated carbocycles. The van der Waals surface area contributed by atoms with E-state index in [-0.39, 0.29) is 10.8 Å². The molecule has 1 amide bonds. The quantitative estimate of drug-likeness (QED) is 0.691. The Morgan fingerprint density at radius 1 is 1.31 bits per heavy atom. The van der Waals surface area contributed by atoms with Crippen LogP contribution in [0.2, 0.25) is 0 Å². The normalized spacial score (nSPS) is 17.7. The first-order valence-corrected chi connectivity index (χ1v) is 12.4. The number of nitrogens with zero attached hydrogens (tertiary/aromatic N) is 2. The van der Waals surface area contributed by atoms with Crippen molar-refractivity contribution in [2.45, 2.75) is 57.4 Å². The van der Waals surface area contributed by atoms with Crippen molar-refractivity contribution in [3.05, 3.63) is 45.9 Å². The molecule has 1 saturated heterocycles. The number of nitrogens with one attached hydrogen (secondary N) is 1. The number of carbonyl (C=O) groups is 1. The number of amides is 1. The molecule has 1 aromatic heterocycles. The summed E-state index contributed by atoms with van der Waals surface area (Å²) in [5.41, 5.74) is 2.07. The van der Waals surface area contributed by atoms with E-state index in [4.69, 9.17) is 0 Å². The van der Waals surface area contributed by atoms with Crippen molar-refractivity contribution in [3.63, 3.8) is 0 Å². The number of hydrogen-bond donors (Lipinski definition) is 1. The molecule has 0 radical (unpaired) electrons. The highest BCUT2D eigenvalue weighted by atomic mass is 32.2. The van der Waals surface area contributed by atoms with E-state index in [1.165, 1.54) is 4.31 Å². The van der Waals surface area contributed by atoms with E-state index in [9.17, 15) is 13.2 Å². The second kappa shape index (κ2) is 9.36. The average molecular weight is 436 g/mol. The highest BCUT2D eigenvalue weighted by molar-refractivity contribution is 7.89. The molecule has 1 N–H and O–H groups in total. The highest BCUT2D eigenvalue weighted by Gasteiger charge is 2.39. The molecule has 2 aromatic rings. The van der Waals surface area contributed by atoms with Crippen molar-refractivity contribution in [2.24, 2.45) is 5.92 Å². The van der Waals surface area contributed by atoms with Gasteiger partial charge in [-0.1, -0.05) is 26.0 Å². The molecule has 0 aliphatic carbocycles. The van der Waals surface area contributed by atoms with Gasteiger partial charge in [-0.05, 0) is 49.8 Å². The van der Waals surface area contributed by atoms with Crippen LogP contribution in [0.25, 0.3) is 0 Å². The van der Waals surface area contributed by atoms with E-state index in [2.05, 4.69) is 24.1 Å². The molecule has 1 unspecified atom stereocenters. The van der Waals surface area contributed by atoms with Gasteiger partial charge in [0, 0.05) is 24.9 Å². The number of thiazole rings is 1. The van der Waals surface area contributed by atoms with Crippen LogP contribution in [0.5, 0.6) is 0 Å². The lowest BCUT2D eigenvalue weighted by Crippen LogP contribution is -2.46. The molecule has 29 heavy (non-hydrogen) atoms. The second-order valence-corrected chi connectivity index (χ2v) is 10.9. The number of aryl methyl sites for hydroxylation is 1. The van der Waals surface area contributed by atoms with Crippen molar-refractivity contribution in [1.29, 1.82) is 0 Å². The summed E-state index contributed by atoms with van der Waals surface area (Å²) in [4.78, 5) is 17.3. The van der Waals surface area contributed by atoms with Crippen LogP contribution in [-0.4, -0.2) is 42.7 Å². The predicted octanol–water partition coefficient (Wildman–Crippen LogP) is 3.16. The Hall–Kier alpha value is -1.77. The summed E-state index contributed by atoms with van der Waals surface area (Å²) in [7, 11) is -3.69. The zero-order valence-electron chi connectivity index (χ0n) is 17.2. The molecular weight excluding hydrogens is 406 g/mol. The Morgan fingerprint density at radius 2 is 2.03 bits per heavy atom. The van der Waals surface area contributed by atoms with E-state index >= 15 is 0 Å². The molecule has 3 rings (SSSR count). The maximum absolute atomic E-state index is 13.1. The summed E-state index contributed by atoms with van der Waals surface area (Å²) in [6, 6.07) is 6.41. The summed E-state index contributed by atoms with van der Waals surface area (Å²) >= 11 is 1.58. The van der Waals surface area contributed by atoms with Crippen LogP contribution in [0.15, 0.2) is 34.5 Å². The molecule has 6 nitrogen and oxygen atoms in total. The van der Waals surface area contributed by atoms with Crippen LogP contribution in [-0.2, 0) is 27.7 Å². The van der Waals surface area contributed by atoms with Crippen molar-refractivity contribution >= 4 is 27.3 Å². The topological polar surface area (TPSA) is 79.4 Å². The van der Waals surface area contributed by atoms with Crippen molar-refractivity contribution < 1.29 is 13.2 Å². The third kappa shape index (κ3) is 5.43. The van der Waals surface area contributed by atoms with Crippen LogP contribution in [0, 0.1) is 12.8 Å². The Balaban J connectivity index is 1.64. The molecule has 1 fully saturated rings. The Labute approximate surface area is 177 Å². The minimum absolute atomic E-state index is 0.227. The van der Waals surface area contributed by atoms with Gasteiger partial charge in [-0.15, -0.1) is 11.3 Å². The van der Waals surface area contributed by atoms with Gasteiger partial charge in [0.25, 0.3) is 0 Å². The summed E-state index contributed by atoms with van der Waals surface area (Å²) in [5.74, 6) is 0.284. The van der Waals surface area contributed by atoms with E-state index in [0.717, 1.165) is 22.7 Å². The van der Waals surface area contributed by atoms with Crippen molar-refractivity contribution in [1.82, 2.24) is 14.6 Å². The fourth-order valence-corrected chi connectivity index (χ4v) is 5.95. The first kappa shape index (κ1) is 21.9. The number of carbonyl (C=O) groups excluding carboxylic acids is 1. The van der Waals surface area contributed by atoms with Crippen LogP contribution in [0.1, 0.15) is 43.0 Å². The lowest BCUT2D eigenvalue weighted by atomic mass is 10.0. The zero-order valence-corrected chi connectivity index (χ0v) is 18.9. The summed E-state index contributed by atoms with van der Waals surface area (Å²) in [6.45, 7) is 7.04. The Morgan fingerprint density at radius 3 is 2.66 bits per heavy atom. The molecule has 0 spiro atoms. The number of sulfonamides is 1. The summed E-state index contributed by atoms with van der Waals surface area (Å²) < 4.78 is 27.6. The van der Waals surface area contributed by atoms with Gasteiger partial charge in [0.15, 0.2) is 0 Å². The second-order valence-electron chi connectivity index (χ2n) is 7.91. The van der Waals surface area contributed by atoms with Gasteiger partial charge in [0.05, 0.1) is 15.6 Å². The van der Waals surface area contributed by atoms with Crippen LogP contribution >= 0.6 is 11.3 Å². The number of hydrogen-bond acceptors (Lipinski definition) is 5. The smallest absolute Gasteiger partial charge is 0.243 e. The standard InChI is InChI=1S/C21H29N3O3S2/c1-15(2)13-17-6-8-19(9-7-17)29(26,27)24-12-4-5-20(24)21(25)22-11-10-18-14-28-16(3)23-18/h6-9,14-15,20H,4-5,10-13H2,1-3H3,(H,22,25). The van der Waals surface area contributed by atoms with E-state index in [1.54, 1.807) is 23.5 Å².